The van der Waals surface area contributed by atoms with Gasteiger partial charge in [-0.2, -0.15) is 13.5 Å². The number of aliphatic carboxylic acids is 1. The predicted molar refractivity (Wildman–Crippen MR) is 138 cm³/mol. The van der Waals surface area contributed by atoms with Crippen molar-refractivity contribution < 1.29 is 41.5 Å². The van der Waals surface area contributed by atoms with E-state index in [1.54, 1.807) is 0 Å². The van der Waals surface area contributed by atoms with E-state index < -0.39 is 48.7 Å². The summed E-state index contributed by atoms with van der Waals surface area (Å²) in [5.74, 6) is -1.40. The van der Waals surface area contributed by atoms with Crippen molar-refractivity contribution in [2.45, 2.75) is 13.5 Å². The van der Waals surface area contributed by atoms with E-state index in [1.165, 1.54) is 13.0 Å². The number of sulfonamides is 1. The molecule has 20 heteroatoms. The molecule has 0 aliphatic rings. The molecule has 1 aromatic carbocycles. The maximum Gasteiger partial charge on any atom is 0.355 e. The topological polar surface area (TPSA) is 196 Å². The van der Waals surface area contributed by atoms with Crippen molar-refractivity contribution in [2.75, 3.05) is 42.6 Å². The van der Waals surface area contributed by atoms with Crippen molar-refractivity contribution in [3.05, 3.63) is 38.5 Å². The van der Waals surface area contributed by atoms with Gasteiger partial charge in [0.1, 0.15) is 13.4 Å². The maximum absolute atomic E-state index is 12.8. The van der Waals surface area contributed by atoms with Crippen LogP contribution in [0.25, 0.3) is 5.69 Å². The molecule has 2 rings (SSSR count). The lowest BCUT2D eigenvalue weighted by Gasteiger charge is -2.14. The Morgan fingerprint density at radius 3 is 2.16 bits per heavy atom. The Bertz CT molecular complexity index is 1280. The summed E-state index contributed by atoms with van der Waals surface area (Å²) in [5, 5.41) is 13.6. The van der Waals surface area contributed by atoms with E-state index in [4.69, 9.17) is 33.2 Å². The number of carbonyl (C=O) groups is 1. The van der Waals surface area contributed by atoms with E-state index in [1.807, 2.05) is 5.32 Å². The van der Waals surface area contributed by atoms with E-state index in [0.717, 1.165) is 12.3 Å². The second kappa shape index (κ2) is 15.0. The van der Waals surface area contributed by atoms with Crippen LogP contribution in [0.5, 0.6) is 0 Å². The molecule has 0 radical (unpaired) electrons. The van der Waals surface area contributed by atoms with Gasteiger partial charge in [0.05, 0.1) is 59.3 Å². The summed E-state index contributed by atoms with van der Waals surface area (Å²) >= 11 is 11.8. The highest BCUT2D eigenvalue weighted by Crippen LogP contribution is 2.31. The van der Waals surface area contributed by atoms with Gasteiger partial charge in [0.15, 0.2) is 0 Å². The lowest BCUT2D eigenvalue weighted by Crippen LogP contribution is -2.25. The van der Waals surface area contributed by atoms with Crippen LogP contribution in [0.4, 0.5) is 14.5 Å². The minimum absolute atomic E-state index is 0.0257. The fourth-order valence-electron chi connectivity index (χ4n) is 2.14. The number of carboxylic acid groups (broad SMARTS) is 1. The highest BCUT2D eigenvalue weighted by Gasteiger charge is 2.21. The third kappa shape index (κ3) is 14.1. The minimum atomic E-state index is -4.35. The monoisotopic (exact) mass is 631 g/mol. The molecule has 0 amide bonds. The second-order valence-electron chi connectivity index (χ2n) is 7.39. The highest BCUT2D eigenvalue weighted by atomic mass is 35.5. The maximum atomic E-state index is 12.8. The van der Waals surface area contributed by atoms with Crippen LogP contribution in [0.2, 0.25) is 10.0 Å². The van der Waals surface area contributed by atoms with Crippen molar-refractivity contribution >= 4 is 63.4 Å². The van der Waals surface area contributed by atoms with Gasteiger partial charge in [-0.3, -0.25) is 14.8 Å². The van der Waals surface area contributed by atoms with Crippen molar-refractivity contribution in [3.8, 4) is 5.69 Å². The van der Waals surface area contributed by atoms with Crippen LogP contribution in [0, 0.1) is 6.92 Å². The molecule has 1 unspecified atom stereocenters. The first-order chi connectivity index (χ1) is 16.7. The molecule has 0 fully saturated rings. The van der Waals surface area contributed by atoms with E-state index in [0.29, 0.717) is 15.6 Å². The van der Waals surface area contributed by atoms with Crippen LogP contribution in [0.3, 0.4) is 0 Å². The quantitative estimate of drug-likeness (QED) is 0.242. The fourth-order valence-corrected chi connectivity index (χ4v) is 3.67. The summed E-state index contributed by atoms with van der Waals surface area (Å²) in [4.78, 5) is 39.8. The Kier molecular flexibility index (Phi) is 14.3. The molecule has 1 aromatic heterocycles. The summed E-state index contributed by atoms with van der Waals surface area (Å²) in [6.07, 6.45) is 6.78. The van der Waals surface area contributed by atoms with Gasteiger partial charge in [-0.15, -0.1) is 5.10 Å². The summed E-state index contributed by atoms with van der Waals surface area (Å²) in [6.45, 7) is -2.33. The zero-order valence-electron chi connectivity index (χ0n) is 20.1. The number of alkyl halides is 2. The first-order valence-corrected chi connectivity index (χ1v) is 16.4. The SMILES string of the molecule is C[S+](C)C.Cc1nn(-c2cc(NS(C)(=O)=O)c(Cl)cc2Cl)c(=O)n1C(F)F.O=C(O)CNCP(=O)([O-])O. The Balaban J connectivity index is 0.000000770. The predicted octanol–water partition coefficient (Wildman–Crippen LogP) is 1.07. The molecule has 13 nitrogen and oxygen atoms in total. The van der Waals surface area contributed by atoms with Crippen molar-refractivity contribution in [1.82, 2.24) is 19.7 Å². The average Bonchev–Trinajstić information content (AvgIpc) is 2.95. The van der Waals surface area contributed by atoms with Gasteiger partial charge in [0.25, 0.3) is 0 Å². The molecule has 0 saturated heterocycles. The second-order valence-corrected chi connectivity index (χ2v) is 14.0. The number of nitrogens with one attached hydrogen (secondary N) is 2. The van der Waals surface area contributed by atoms with Crippen LogP contribution < -0.4 is 20.6 Å². The number of aryl methyl sites for hydroxylation is 1. The van der Waals surface area contributed by atoms with E-state index in [2.05, 4.69) is 28.6 Å². The van der Waals surface area contributed by atoms with Crippen LogP contribution in [-0.4, -0.2) is 76.6 Å². The molecule has 0 aliphatic heterocycles. The average molecular weight is 632 g/mol. The molecular formula is C17H26Cl2F2N5O8PS2. The molecule has 4 N–H and O–H groups in total. The summed E-state index contributed by atoms with van der Waals surface area (Å²) < 4.78 is 61.2. The largest absolute Gasteiger partial charge is 0.778 e. The number of rotatable bonds is 8. The third-order valence-electron chi connectivity index (χ3n) is 3.32. The Hall–Kier alpha value is -1.72. The first-order valence-electron chi connectivity index (χ1n) is 9.54. The number of anilines is 1. The molecule has 0 saturated carbocycles. The minimum Gasteiger partial charge on any atom is -0.778 e. The van der Waals surface area contributed by atoms with Crippen LogP contribution >= 0.6 is 30.8 Å². The molecule has 1 atom stereocenters. The lowest BCUT2D eigenvalue weighted by molar-refractivity contribution is -0.193. The molecular weight excluding hydrogens is 606 g/mol. The van der Waals surface area contributed by atoms with Gasteiger partial charge in [0, 0.05) is 0 Å². The lowest BCUT2D eigenvalue weighted by atomic mass is 10.3. The van der Waals surface area contributed by atoms with E-state index in [-0.39, 0.29) is 31.8 Å². The van der Waals surface area contributed by atoms with Gasteiger partial charge in [-0.05, 0) is 30.0 Å². The normalized spacial score (nSPS) is 12.8. The summed E-state index contributed by atoms with van der Waals surface area (Å²) in [7, 11) is -7.36. The van der Waals surface area contributed by atoms with Gasteiger partial charge < -0.3 is 19.5 Å². The van der Waals surface area contributed by atoms with Gasteiger partial charge in [0.2, 0.25) is 10.0 Å². The molecule has 0 bridgehead atoms. The Morgan fingerprint density at radius 2 is 1.78 bits per heavy atom. The third-order valence-corrected chi connectivity index (χ3v) is 5.15. The zero-order chi connectivity index (χ0) is 29.3. The number of carboxylic acids is 1. The van der Waals surface area contributed by atoms with Crippen LogP contribution in [0.15, 0.2) is 16.9 Å². The molecule has 0 spiro atoms. The smallest absolute Gasteiger partial charge is 0.355 e. The van der Waals surface area contributed by atoms with Crippen LogP contribution in [0.1, 0.15) is 12.4 Å². The van der Waals surface area contributed by atoms with Gasteiger partial charge in [-0.25, -0.2) is 17.8 Å². The summed E-state index contributed by atoms with van der Waals surface area (Å²) in [5.41, 5.74) is -1.27. The first kappa shape index (κ1) is 35.3. The zero-order valence-corrected chi connectivity index (χ0v) is 24.1. The fraction of sp³-hybridized carbons (Fsp3) is 0.471. The Morgan fingerprint density at radius 1 is 1.27 bits per heavy atom. The van der Waals surface area contributed by atoms with Crippen molar-refractivity contribution in [1.29, 1.82) is 0 Å². The molecule has 2 aromatic rings. The number of halogens is 4. The molecule has 212 valence electrons. The molecule has 1 heterocycles. The number of hydrogen-bond donors (Lipinski definition) is 4. The van der Waals surface area contributed by atoms with Gasteiger partial charge >= 0.3 is 18.2 Å². The van der Waals surface area contributed by atoms with Gasteiger partial charge in [-0.1, -0.05) is 23.2 Å². The number of benzene rings is 1. The van der Waals surface area contributed by atoms with Crippen molar-refractivity contribution in [3.63, 3.8) is 0 Å². The number of nitrogens with zero attached hydrogens (tertiary/aromatic N) is 3. The Labute approximate surface area is 224 Å². The highest BCUT2D eigenvalue weighted by molar-refractivity contribution is 7.94. The van der Waals surface area contributed by atoms with Crippen LogP contribution in [-0.2, 0) is 30.3 Å². The standard InChI is InChI=1S/C11H10Cl2F2N4O3S.C3H8NO5P.C3H9S/c1-5-16-19(11(20)18(5)10(14)15)9-4-8(17-23(2,21)22)6(12)3-7(9)13;5-3(6)1-4-2-10(7,8)9;1-4(2)3/h3-4,10,17H,1-2H3;4H,1-2H2,(H,5,6)(H2,7,8,9);1-3H3/q;;+1/p-1. The molecule has 37 heavy (non-hydrogen) atoms. The number of aromatic nitrogens is 3. The number of hydrogen-bond acceptors (Lipinski definition) is 8. The summed E-state index contributed by atoms with van der Waals surface area (Å²) in [6, 6.07) is 2.31. The molecule has 0 aliphatic carbocycles. The van der Waals surface area contributed by atoms with Crippen molar-refractivity contribution in [2.24, 2.45) is 0 Å². The van der Waals surface area contributed by atoms with E-state index >= 15 is 0 Å². The van der Waals surface area contributed by atoms with E-state index in [9.17, 15) is 36.2 Å².